The highest BCUT2D eigenvalue weighted by atomic mass is 32.2. The lowest BCUT2D eigenvalue weighted by atomic mass is 10.1. The topological polar surface area (TPSA) is 118 Å². The van der Waals surface area contributed by atoms with E-state index in [1.54, 1.807) is 12.1 Å². The Labute approximate surface area is 183 Å². The number of hydrogen-bond acceptors (Lipinski definition) is 7. The van der Waals surface area contributed by atoms with Gasteiger partial charge in [0.15, 0.2) is 9.84 Å². The Kier molecular flexibility index (Phi) is 4.89. The summed E-state index contributed by atoms with van der Waals surface area (Å²) in [7, 11) is -1.67. The Morgan fingerprint density at radius 2 is 2.00 bits per heavy atom. The fraction of sp³-hybridized carbons (Fsp3) is 0.318. The van der Waals surface area contributed by atoms with E-state index in [1.807, 2.05) is 24.3 Å². The van der Waals surface area contributed by atoms with Gasteiger partial charge in [-0.1, -0.05) is 18.2 Å². The van der Waals surface area contributed by atoms with Gasteiger partial charge in [-0.25, -0.2) is 13.4 Å². The molecule has 9 nitrogen and oxygen atoms in total. The smallest absolute Gasteiger partial charge is 0.271 e. The SMILES string of the molecule is COc1cc2c(cc1NC(=O)C1=NN(C3CCS(=O)(=O)C3)C(=O)CC1)oc1ccccc12. The number of fused-ring (bicyclic) bond motifs is 3. The molecule has 1 N–H and O–H groups in total. The maximum absolute atomic E-state index is 13.0. The maximum Gasteiger partial charge on any atom is 0.271 e. The summed E-state index contributed by atoms with van der Waals surface area (Å²) in [6, 6.07) is 10.6. The second-order valence-corrected chi connectivity index (χ2v) is 10.2. The van der Waals surface area contributed by atoms with Gasteiger partial charge < -0.3 is 14.5 Å². The largest absolute Gasteiger partial charge is 0.495 e. The van der Waals surface area contributed by atoms with Gasteiger partial charge in [-0.3, -0.25) is 9.59 Å². The molecule has 1 atom stereocenters. The van der Waals surface area contributed by atoms with Crippen LogP contribution >= 0.6 is 0 Å². The summed E-state index contributed by atoms with van der Waals surface area (Å²) in [6.45, 7) is 0. The Hall–Kier alpha value is -3.40. The minimum absolute atomic E-state index is 0.0210. The van der Waals surface area contributed by atoms with Gasteiger partial charge in [-0.05, 0) is 18.6 Å². The van der Waals surface area contributed by atoms with E-state index in [-0.39, 0.29) is 36.0 Å². The molecule has 2 aromatic carbocycles. The first-order chi connectivity index (χ1) is 15.3. The van der Waals surface area contributed by atoms with Crippen LogP contribution in [0.25, 0.3) is 21.9 Å². The number of benzene rings is 2. The molecule has 2 amide bonds. The van der Waals surface area contributed by atoms with Crippen LogP contribution in [0.15, 0.2) is 45.9 Å². The first-order valence-corrected chi connectivity index (χ1v) is 12.1. The quantitative estimate of drug-likeness (QED) is 0.646. The van der Waals surface area contributed by atoms with Crippen LogP contribution in [0.3, 0.4) is 0 Å². The number of methoxy groups -OCH3 is 1. The zero-order valence-electron chi connectivity index (χ0n) is 17.3. The maximum atomic E-state index is 13.0. The lowest BCUT2D eigenvalue weighted by molar-refractivity contribution is -0.133. The van der Waals surface area contributed by atoms with Crippen LogP contribution < -0.4 is 10.1 Å². The average molecular weight is 455 g/mol. The number of rotatable bonds is 4. The van der Waals surface area contributed by atoms with Gasteiger partial charge >= 0.3 is 0 Å². The normalized spacial score (nSPS) is 20.5. The van der Waals surface area contributed by atoms with E-state index in [2.05, 4.69) is 10.4 Å². The van der Waals surface area contributed by atoms with Crippen molar-refractivity contribution in [3.05, 3.63) is 36.4 Å². The third kappa shape index (κ3) is 3.60. The van der Waals surface area contributed by atoms with Crippen molar-refractivity contribution in [3.63, 3.8) is 0 Å². The van der Waals surface area contributed by atoms with Gasteiger partial charge in [-0.15, -0.1) is 0 Å². The van der Waals surface area contributed by atoms with Crippen molar-refractivity contribution >= 4 is 55.0 Å². The van der Waals surface area contributed by atoms with E-state index < -0.39 is 21.8 Å². The van der Waals surface area contributed by atoms with Crippen molar-refractivity contribution in [1.82, 2.24) is 5.01 Å². The summed E-state index contributed by atoms with van der Waals surface area (Å²) >= 11 is 0. The first-order valence-electron chi connectivity index (χ1n) is 10.3. The molecule has 2 aliphatic rings. The number of ether oxygens (including phenoxy) is 1. The number of carbonyl (C=O) groups excluding carboxylic acids is 2. The molecule has 5 rings (SSSR count). The summed E-state index contributed by atoms with van der Waals surface area (Å²) in [5.41, 5.74) is 1.91. The first kappa shape index (κ1) is 20.5. The second kappa shape index (κ2) is 7.63. The highest BCUT2D eigenvalue weighted by molar-refractivity contribution is 7.91. The molecular formula is C22H21N3O6S. The van der Waals surface area contributed by atoms with Crippen molar-refractivity contribution in [2.75, 3.05) is 23.9 Å². The molecule has 166 valence electrons. The molecule has 1 aromatic heterocycles. The molecule has 0 saturated carbocycles. The number of nitrogens with zero attached hydrogens (tertiary/aromatic N) is 2. The van der Waals surface area contributed by atoms with E-state index in [0.29, 0.717) is 23.4 Å². The molecule has 0 bridgehead atoms. The molecule has 1 fully saturated rings. The Balaban J connectivity index is 1.44. The molecule has 10 heteroatoms. The summed E-state index contributed by atoms with van der Waals surface area (Å²) in [5.74, 6) is -0.397. The van der Waals surface area contributed by atoms with Crippen molar-refractivity contribution in [3.8, 4) is 5.75 Å². The fourth-order valence-corrected chi connectivity index (χ4v) is 5.89. The predicted octanol–water partition coefficient (Wildman–Crippen LogP) is 2.70. The number of hydrazone groups is 1. The highest BCUT2D eigenvalue weighted by Gasteiger charge is 2.37. The number of sulfone groups is 1. The molecule has 2 aliphatic heterocycles. The van der Waals surface area contributed by atoms with E-state index in [0.717, 1.165) is 16.4 Å². The number of carbonyl (C=O) groups is 2. The van der Waals surface area contributed by atoms with Crippen molar-refractivity contribution in [1.29, 1.82) is 0 Å². The molecule has 0 aliphatic carbocycles. The Morgan fingerprint density at radius 1 is 1.19 bits per heavy atom. The summed E-state index contributed by atoms with van der Waals surface area (Å²) in [4.78, 5) is 25.3. The van der Waals surface area contributed by atoms with Crippen LogP contribution in [-0.2, 0) is 19.4 Å². The van der Waals surface area contributed by atoms with Gasteiger partial charge in [0.25, 0.3) is 5.91 Å². The number of anilines is 1. The minimum atomic E-state index is -3.19. The summed E-state index contributed by atoms with van der Waals surface area (Å²) < 4.78 is 35.0. The zero-order chi connectivity index (χ0) is 22.5. The van der Waals surface area contributed by atoms with E-state index in [4.69, 9.17) is 9.15 Å². The zero-order valence-corrected chi connectivity index (χ0v) is 18.1. The van der Waals surface area contributed by atoms with Gasteiger partial charge in [0.1, 0.15) is 22.6 Å². The van der Waals surface area contributed by atoms with Gasteiger partial charge in [-0.2, -0.15) is 5.10 Å². The average Bonchev–Trinajstić information content (AvgIpc) is 3.32. The van der Waals surface area contributed by atoms with E-state index in [9.17, 15) is 18.0 Å². The molecular weight excluding hydrogens is 434 g/mol. The van der Waals surface area contributed by atoms with Gasteiger partial charge in [0.2, 0.25) is 5.91 Å². The van der Waals surface area contributed by atoms with Gasteiger partial charge in [0.05, 0.1) is 30.3 Å². The highest BCUT2D eigenvalue weighted by Crippen LogP contribution is 2.36. The van der Waals surface area contributed by atoms with Crippen molar-refractivity contribution in [2.45, 2.75) is 25.3 Å². The van der Waals surface area contributed by atoms with Crippen LogP contribution in [0.2, 0.25) is 0 Å². The predicted molar refractivity (Wildman–Crippen MR) is 119 cm³/mol. The Bertz CT molecular complexity index is 1390. The molecule has 1 saturated heterocycles. The monoisotopic (exact) mass is 455 g/mol. The van der Waals surface area contributed by atoms with Crippen LogP contribution in [0, 0.1) is 0 Å². The number of hydrogen-bond donors (Lipinski definition) is 1. The van der Waals surface area contributed by atoms with E-state index in [1.165, 1.54) is 12.1 Å². The van der Waals surface area contributed by atoms with Crippen LogP contribution in [0.1, 0.15) is 19.3 Å². The second-order valence-electron chi connectivity index (χ2n) is 7.94. The molecule has 3 heterocycles. The summed E-state index contributed by atoms with van der Waals surface area (Å²) in [6.07, 6.45) is 0.599. The summed E-state index contributed by atoms with van der Waals surface area (Å²) in [5, 5.41) is 9.99. The minimum Gasteiger partial charge on any atom is -0.495 e. The number of para-hydroxylation sites is 1. The molecule has 32 heavy (non-hydrogen) atoms. The fourth-order valence-electron chi connectivity index (χ4n) is 4.20. The molecule has 1 unspecified atom stereocenters. The van der Waals surface area contributed by atoms with Crippen LogP contribution in [0.4, 0.5) is 5.69 Å². The van der Waals surface area contributed by atoms with Gasteiger partial charge in [0, 0.05) is 29.7 Å². The number of furan rings is 1. The van der Waals surface area contributed by atoms with Crippen molar-refractivity contribution in [2.24, 2.45) is 5.10 Å². The number of nitrogens with one attached hydrogen (secondary N) is 1. The lowest BCUT2D eigenvalue weighted by Crippen LogP contribution is -2.42. The number of amides is 2. The molecule has 0 spiro atoms. The third-order valence-electron chi connectivity index (χ3n) is 5.82. The van der Waals surface area contributed by atoms with Crippen LogP contribution in [0.5, 0.6) is 5.75 Å². The van der Waals surface area contributed by atoms with Crippen molar-refractivity contribution < 1.29 is 27.2 Å². The standard InChI is InChI=1S/C22H21N3O6S/c1-30-20-10-15-14-4-2-3-5-18(14)31-19(15)11-17(20)23-22(27)16-6-7-21(26)25(24-16)13-8-9-32(28,29)12-13/h2-5,10-11,13H,6-9,12H2,1H3,(H,23,27). The lowest BCUT2D eigenvalue weighted by Gasteiger charge is -2.27. The third-order valence-corrected chi connectivity index (χ3v) is 7.57. The van der Waals surface area contributed by atoms with Crippen LogP contribution in [-0.4, -0.2) is 55.6 Å². The van der Waals surface area contributed by atoms with E-state index >= 15 is 0 Å². The molecule has 0 radical (unpaired) electrons. The Morgan fingerprint density at radius 3 is 2.75 bits per heavy atom. The molecule has 3 aromatic rings.